The van der Waals surface area contributed by atoms with Gasteiger partial charge in [0.05, 0.1) is 24.6 Å². The van der Waals surface area contributed by atoms with Gasteiger partial charge in [-0.25, -0.2) is 5.43 Å². The van der Waals surface area contributed by atoms with Crippen molar-refractivity contribution in [2.24, 2.45) is 0 Å². The molecule has 7 nitrogen and oxygen atoms in total. The quantitative estimate of drug-likeness (QED) is 0.526. The van der Waals surface area contributed by atoms with Crippen molar-refractivity contribution in [2.75, 3.05) is 53.4 Å². The molecule has 0 aliphatic carbocycles. The van der Waals surface area contributed by atoms with E-state index >= 15 is 0 Å². The highest BCUT2D eigenvalue weighted by atomic mass is 16.5. The van der Waals surface area contributed by atoms with Crippen molar-refractivity contribution >= 4 is 34.3 Å². The molecule has 170 valence electrons. The molecule has 1 saturated heterocycles. The molecule has 3 aromatic carbocycles. The van der Waals surface area contributed by atoms with Gasteiger partial charge >= 0.3 is 0 Å². The number of hydrazine groups is 1. The molecule has 1 fully saturated rings. The van der Waals surface area contributed by atoms with Crippen molar-refractivity contribution in [3.8, 4) is 0 Å². The Balaban J connectivity index is 1.25. The van der Waals surface area contributed by atoms with Crippen LogP contribution in [0.5, 0.6) is 0 Å². The standard InChI is InChI=1S/C26H29N5O2/c1-2-27-21-5-10-24(11-6-21)31-25-12-7-22(17-20(25)18-28-31)29-26(32)19-3-8-23(9-4-19)30-13-15-33-16-14-30/h3-12,17,27-28H,2,13-16,18H2,1H3,(H,29,32). The van der Waals surface area contributed by atoms with Crippen LogP contribution in [0.15, 0.2) is 66.7 Å². The van der Waals surface area contributed by atoms with Gasteiger partial charge in [0.1, 0.15) is 0 Å². The molecule has 0 saturated carbocycles. The molecule has 0 atom stereocenters. The van der Waals surface area contributed by atoms with Crippen molar-refractivity contribution in [3.05, 3.63) is 77.9 Å². The highest BCUT2D eigenvalue weighted by Crippen LogP contribution is 2.34. The van der Waals surface area contributed by atoms with Gasteiger partial charge in [-0.05, 0) is 79.2 Å². The summed E-state index contributed by atoms with van der Waals surface area (Å²) in [5.41, 5.74) is 10.4. The Labute approximate surface area is 194 Å². The number of hydrogen-bond donors (Lipinski definition) is 3. The zero-order valence-corrected chi connectivity index (χ0v) is 18.8. The molecular formula is C26H29N5O2. The van der Waals surface area contributed by atoms with Crippen LogP contribution in [0.3, 0.4) is 0 Å². The Bertz CT molecular complexity index is 1110. The Morgan fingerprint density at radius 1 is 0.939 bits per heavy atom. The van der Waals surface area contributed by atoms with Gasteiger partial charge in [0.25, 0.3) is 5.91 Å². The molecule has 33 heavy (non-hydrogen) atoms. The molecule has 0 spiro atoms. The maximum Gasteiger partial charge on any atom is 0.255 e. The Hall–Kier alpha value is -3.55. The number of hydrogen-bond acceptors (Lipinski definition) is 6. The number of rotatable bonds is 6. The SMILES string of the molecule is CCNc1ccc(N2NCc3cc(NC(=O)c4ccc(N5CCOCC5)cc4)ccc32)cc1. The van der Waals surface area contributed by atoms with Crippen LogP contribution in [0.25, 0.3) is 0 Å². The highest BCUT2D eigenvalue weighted by Gasteiger charge is 2.21. The maximum absolute atomic E-state index is 12.8. The molecule has 5 rings (SSSR count). The molecule has 0 radical (unpaired) electrons. The summed E-state index contributed by atoms with van der Waals surface area (Å²) < 4.78 is 5.41. The highest BCUT2D eigenvalue weighted by molar-refractivity contribution is 6.04. The Kier molecular flexibility index (Phi) is 6.15. The Morgan fingerprint density at radius 2 is 1.64 bits per heavy atom. The van der Waals surface area contributed by atoms with E-state index in [-0.39, 0.29) is 5.91 Å². The first-order valence-corrected chi connectivity index (χ1v) is 11.5. The van der Waals surface area contributed by atoms with Crippen molar-refractivity contribution in [3.63, 3.8) is 0 Å². The largest absolute Gasteiger partial charge is 0.385 e. The van der Waals surface area contributed by atoms with Crippen molar-refractivity contribution in [1.29, 1.82) is 0 Å². The number of amides is 1. The van der Waals surface area contributed by atoms with Gasteiger partial charge in [-0.1, -0.05) is 0 Å². The molecule has 2 heterocycles. The lowest BCUT2D eigenvalue weighted by atomic mass is 10.1. The summed E-state index contributed by atoms with van der Waals surface area (Å²) in [6, 6.07) is 22.2. The number of nitrogens with zero attached hydrogens (tertiary/aromatic N) is 2. The first kappa shape index (κ1) is 21.3. The van der Waals surface area contributed by atoms with Crippen molar-refractivity contribution in [1.82, 2.24) is 5.43 Å². The summed E-state index contributed by atoms with van der Waals surface area (Å²) in [5.74, 6) is -0.106. The molecule has 0 bridgehead atoms. The smallest absolute Gasteiger partial charge is 0.255 e. The minimum Gasteiger partial charge on any atom is -0.385 e. The number of benzene rings is 3. The second-order valence-electron chi connectivity index (χ2n) is 8.19. The van der Waals surface area contributed by atoms with E-state index in [9.17, 15) is 4.79 Å². The number of anilines is 5. The summed E-state index contributed by atoms with van der Waals surface area (Å²) >= 11 is 0. The van der Waals surface area contributed by atoms with Crippen LogP contribution in [-0.4, -0.2) is 38.8 Å². The summed E-state index contributed by atoms with van der Waals surface area (Å²) in [6.45, 7) is 6.95. The third-order valence-electron chi connectivity index (χ3n) is 6.02. The predicted molar refractivity (Wildman–Crippen MR) is 133 cm³/mol. The number of carbonyl (C=O) groups is 1. The maximum atomic E-state index is 12.8. The van der Waals surface area contributed by atoms with Gasteiger partial charge in [0.15, 0.2) is 0 Å². The van der Waals surface area contributed by atoms with E-state index < -0.39 is 0 Å². The second kappa shape index (κ2) is 9.52. The normalized spacial score (nSPS) is 15.3. The number of carbonyl (C=O) groups excluding carboxylic acids is 1. The van der Waals surface area contributed by atoms with Gasteiger partial charge < -0.3 is 20.3 Å². The zero-order valence-electron chi connectivity index (χ0n) is 18.8. The fourth-order valence-electron chi connectivity index (χ4n) is 4.28. The first-order valence-electron chi connectivity index (χ1n) is 11.5. The van der Waals surface area contributed by atoms with Gasteiger partial charge in [-0.2, -0.15) is 0 Å². The van der Waals surface area contributed by atoms with E-state index in [0.717, 1.165) is 66.8 Å². The Morgan fingerprint density at radius 3 is 2.36 bits per heavy atom. The number of morpholine rings is 1. The fourth-order valence-corrected chi connectivity index (χ4v) is 4.28. The van der Waals surface area contributed by atoms with Crippen molar-refractivity contribution < 1.29 is 9.53 Å². The summed E-state index contributed by atoms with van der Waals surface area (Å²) in [5, 5.41) is 8.44. The lowest BCUT2D eigenvalue weighted by Crippen LogP contribution is -2.36. The fraction of sp³-hybridized carbons (Fsp3) is 0.269. The van der Waals surface area contributed by atoms with Crippen LogP contribution in [0, 0.1) is 0 Å². The van der Waals surface area contributed by atoms with Crippen LogP contribution < -0.4 is 26.0 Å². The van der Waals surface area contributed by atoms with E-state index in [1.807, 2.05) is 42.5 Å². The summed E-state index contributed by atoms with van der Waals surface area (Å²) in [4.78, 5) is 15.1. The molecule has 2 aliphatic rings. The topological polar surface area (TPSA) is 68.9 Å². The van der Waals surface area contributed by atoms with Crippen LogP contribution >= 0.6 is 0 Å². The minimum absolute atomic E-state index is 0.106. The van der Waals surface area contributed by atoms with Gasteiger partial charge in [0, 0.05) is 48.8 Å². The third-order valence-corrected chi connectivity index (χ3v) is 6.02. The monoisotopic (exact) mass is 443 g/mol. The van der Waals surface area contributed by atoms with E-state index in [4.69, 9.17) is 4.74 Å². The van der Waals surface area contributed by atoms with Gasteiger partial charge in [-0.15, -0.1) is 0 Å². The molecule has 3 aromatic rings. The van der Waals surface area contributed by atoms with E-state index in [0.29, 0.717) is 12.1 Å². The summed E-state index contributed by atoms with van der Waals surface area (Å²) in [6.07, 6.45) is 0. The lowest BCUT2D eigenvalue weighted by molar-refractivity contribution is 0.102. The molecule has 7 heteroatoms. The molecule has 0 unspecified atom stereocenters. The average molecular weight is 444 g/mol. The molecule has 0 aromatic heterocycles. The van der Waals surface area contributed by atoms with Gasteiger partial charge in [-0.3, -0.25) is 9.80 Å². The number of nitrogens with one attached hydrogen (secondary N) is 3. The third kappa shape index (κ3) is 4.65. The first-order chi connectivity index (χ1) is 16.2. The zero-order chi connectivity index (χ0) is 22.6. The van der Waals surface area contributed by atoms with Gasteiger partial charge in [0.2, 0.25) is 0 Å². The number of ether oxygens (including phenoxy) is 1. The van der Waals surface area contributed by atoms with Crippen LogP contribution in [0.4, 0.5) is 28.4 Å². The second-order valence-corrected chi connectivity index (χ2v) is 8.19. The van der Waals surface area contributed by atoms with E-state index in [2.05, 4.69) is 57.2 Å². The average Bonchev–Trinajstić information content (AvgIpc) is 3.29. The van der Waals surface area contributed by atoms with Crippen molar-refractivity contribution in [2.45, 2.75) is 13.5 Å². The molecule has 3 N–H and O–H groups in total. The predicted octanol–water partition coefficient (Wildman–Crippen LogP) is 4.36. The van der Waals surface area contributed by atoms with Crippen LogP contribution in [0.1, 0.15) is 22.8 Å². The molecule has 2 aliphatic heterocycles. The van der Waals surface area contributed by atoms with E-state index in [1.165, 1.54) is 0 Å². The lowest BCUT2D eigenvalue weighted by Gasteiger charge is -2.28. The molecule has 1 amide bonds. The van der Waals surface area contributed by atoms with Crippen LogP contribution in [0.2, 0.25) is 0 Å². The minimum atomic E-state index is -0.106. The molecular weight excluding hydrogens is 414 g/mol. The summed E-state index contributed by atoms with van der Waals surface area (Å²) in [7, 11) is 0. The number of fused-ring (bicyclic) bond motifs is 1. The van der Waals surface area contributed by atoms with Crippen LogP contribution in [-0.2, 0) is 11.3 Å². The van der Waals surface area contributed by atoms with E-state index in [1.54, 1.807) is 0 Å².